The van der Waals surface area contributed by atoms with Crippen LogP contribution in [-0.2, 0) is 6.42 Å². The van der Waals surface area contributed by atoms with Gasteiger partial charge in [0.25, 0.3) is 5.91 Å². The Bertz CT molecular complexity index is 616. The van der Waals surface area contributed by atoms with Gasteiger partial charge in [-0.1, -0.05) is 41.9 Å². The highest BCUT2D eigenvalue weighted by Crippen LogP contribution is 2.12. The van der Waals surface area contributed by atoms with Gasteiger partial charge in [0.2, 0.25) is 0 Å². The zero-order valence-corrected chi connectivity index (χ0v) is 13.5. The third kappa shape index (κ3) is 4.83. The molecule has 0 spiro atoms. The van der Waals surface area contributed by atoms with E-state index in [4.69, 9.17) is 11.6 Å². The number of rotatable bonds is 6. The number of aromatic nitrogens is 1. The number of halogens is 1. The van der Waals surface area contributed by atoms with Crippen LogP contribution < -0.4 is 5.32 Å². The first-order chi connectivity index (χ1) is 10.6. The Kier molecular flexibility index (Phi) is 5.92. The van der Waals surface area contributed by atoms with E-state index in [0.29, 0.717) is 5.56 Å². The number of benzene rings is 1. The fraction of sp³-hybridized carbons (Fsp3) is 0.294. The van der Waals surface area contributed by atoms with Crippen LogP contribution >= 0.6 is 11.6 Å². The number of nitrogens with zero attached hydrogens (tertiary/aromatic N) is 2. The molecule has 1 heterocycles. The molecule has 4 nitrogen and oxygen atoms in total. The van der Waals surface area contributed by atoms with Gasteiger partial charge in [0, 0.05) is 18.8 Å². The summed E-state index contributed by atoms with van der Waals surface area (Å²) in [5, 5.41) is 3.27. The van der Waals surface area contributed by atoms with Crippen molar-refractivity contribution in [2.75, 3.05) is 20.6 Å². The van der Waals surface area contributed by atoms with Crippen molar-refractivity contribution in [3.8, 4) is 0 Å². The smallest absolute Gasteiger partial charge is 0.254 e. The van der Waals surface area contributed by atoms with Crippen molar-refractivity contribution in [1.82, 2.24) is 15.2 Å². The van der Waals surface area contributed by atoms with Gasteiger partial charge in [-0.05, 0) is 38.2 Å². The highest BCUT2D eigenvalue weighted by molar-refractivity contribution is 6.32. The lowest BCUT2D eigenvalue weighted by Crippen LogP contribution is -2.43. The van der Waals surface area contributed by atoms with Crippen LogP contribution in [0.25, 0.3) is 0 Å². The zero-order valence-electron chi connectivity index (χ0n) is 12.8. The summed E-state index contributed by atoms with van der Waals surface area (Å²) in [7, 11) is 3.97. The number of hydrogen-bond acceptors (Lipinski definition) is 3. The van der Waals surface area contributed by atoms with Crippen LogP contribution in [0, 0.1) is 0 Å². The molecule has 1 aromatic carbocycles. The molecule has 1 aromatic heterocycles. The third-order valence-corrected chi connectivity index (χ3v) is 3.55. The second-order valence-electron chi connectivity index (χ2n) is 5.46. The molecule has 0 saturated carbocycles. The highest BCUT2D eigenvalue weighted by atomic mass is 35.5. The van der Waals surface area contributed by atoms with Crippen molar-refractivity contribution in [3.05, 3.63) is 64.9 Å². The molecule has 1 atom stereocenters. The van der Waals surface area contributed by atoms with E-state index in [1.165, 1.54) is 5.56 Å². The predicted octanol–water partition coefficient (Wildman–Crippen LogP) is 2.64. The van der Waals surface area contributed by atoms with Crippen LogP contribution in [-0.4, -0.2) is 42.5 Å². The van der Waals surface area contributed by atoms with E-state index in [-0.39, 0.29) is 17.1 Å². The molecule has 0 aliphatic heterocycles. The Balaban J connectivity index is 2.09. The van der Waals surface area contributed by atoms with E-state index in [0.717, 1.165) is 13.0 Å². The standard InChI is InChI=1S/C17H20ClN3O/c1-21(2)12-14(11-13-7-4-3-5-8-13)20-17(22)15-9-6-10-19-16(15)18/h3-10,14H,11-12H2,1-2H3,(H,20,22). The van der Waals surface area contributed by atoms with Gasteiger partial charge in [0.05, 0.1) is 5.56 Å². The molecule has 2 aromatic rings. The Morgan fingerprint density at radius 3 is 2.59 bits per heavy atom. The van der Waals surface area contributed by atoms with E-state index in [2.05, 4.69) is 27.3 Å². The first kappa shape index (κ1) is 16.5. The summed E-state index contributed by atoms with van der Waals surface area (Å²) in [6.45, 7) is 0.749. The molecule has 2 rings (SSSR count). The minimum absolute atomic E-state index is 0.00109. The minimum atomic E-state index is -0.194. The van der Waals surface area contributed by atoms with Crippen molar-refractivity contribution in [1.29, 1.82) is 0 Å². The average Bonchev–Trinajstić information content (AvgIpc) is 2.48. The maximum absolute atomic E-state index is 12.4. The lowest BCUT2D eigenvalue weighted by atomic mass is 10.1. The number of carbonyl (C=O) groups excluding carboxylic acids is 1. The van der Waals surface area contributed by atoms with Crippen molar-refractivity contribution in [3.63, 3.8) is 0 Å². The second kappa shape index (κ2) is 7.92. The van der Waals surface area contributed by atoms with Crippen LogP contribution in [0.5, 0.6) is 0 Å². The van der Waals surface area contributed by atoms with Crippen molar-refractivity contribution in [2.45, 2.75) is 12.5 Å². The Hall–Kier alpha value is -1.91. The Morgan fingerprint density at radius 2 is 1.95 bits per heavy atom. The van der Waals surface area contributed by atoms with Gasteiger partial charge in [-0.15, -0.1) is 0 Å². The van der Waals surface area contributed by atoms with E-state index in [9.17, 15) is 4.79 Å². The summed E-state index contributed by atoms with van der Waals surface area (Å²) in [5.74, 6) is -0.194. The Morgan fingerprint density at radius 1 is 1.23 bits per heavy atom. The van der Waals surface area contributed by atoms with E-state index >= 15 is 0 Å². The molecule has 0 radical (unpaired) electrons. The largest absolute Gasteiger partial charge is 0.348 e. The van der Waals surface area contributed by atoms with Crippen molar-refractivity contribution in [2.24, 2.45) is 0 Å². The Labute approximate surface area is 136 Å². The predicted molar refractivity (Wildman–Crippen MR) is 89.2 cm³/mol. The number of pyridine rings is 1. The summed E-state index contributed by atoms with van der Waals surface area (Å²) >= 11 is 5.99. The van der Waals surface area contributed by atoms with Gasteiger partial charge in [-0.2, -0.15) is 0 Å². The average molecular weight is 318 g/mol. The molecule has 22 heavy (non-hydrogen) atoms. The molecule has 0 aliphatic carbocycles. The minimum Gasteiger partial charge on any atom is -0.348 e. The normalized spacial score (nSPS) is 12.2. The topological polar surface area (TPSA) is 45.2 Å². The SMILES string of the molecule is CN(C)CC(Cc1ccccc1)NC(=O)c1cccnc1Cl. The van der Waals surface area contributed by atoms with Crippen LogP contribution in [0.1, 0.15) is 15.9 Å². The maximum Gasteiger partial charge on any atom is 0.254 e. The number of amides is 1. The summed E-state index contributed by atoms with van der Waals surface area (Å²) < 4.78 is 0. The first-order valence-electron chi connectivity index (χ1n) is 7.16. The highest BCUT2D eigenvalue weighted by Gasteiger charge is 2.17. The van der Waals surface area contributed by atoms with E-state index in [1.807, 2.05) is 32.3 Å². The number of hydrogen-bond donors (Lipinski definition) is 1. The summed E-state index contributed by atoms with van der Waals surface area (Å²) in [4.78, 5) is 18.4. The maximum atomic E-state index is 12.4. The molecule has 5 heteroatoms. The molecule has 1 unspecified atom stereocenters. The molecule has 0 fully saturated rings. The molecule has 0 aliphatic rings. The monoisotopic (exact) mass is 317 g/mol. The molecule has 116 valence electrons. The third-order valence-electron chi connectivity index (χ3n) is 3.25. The molecule has 1 amide bonds. The number of carbonyl (C=O) groups is 1. The van der Waals surface area contributed by atoms with Gasteiger partial charge in [-0.3, -0.25) is 4.79 Å². The lowest BCUT2D eigenvalue weighted by molar-refractivity contribution is 0.0930. The molecule has 0 bridgehead atoms. The van der Waals surface area contributed by atoms with Crippen LogP contribution in [0.4, 0.5) is 0 Å². The quantitative estimate of drug-likeness (QED) is 0.833. The van der Waals surface area contributed by atoms with Gasteiger partial charge in [-0.25, -0.2) is 4.98 Å². The van der Waals surface area contributed by atoms with Gasteiger partial charge < -0.3 is 10.2 Å². The van der Waals surface area contributed by atoms with Crippen LogP contribution in [0.3, 0.4) is 0 Å². The lowest BCUT2D eigenvalue weighted by Gasteiger charge is -2.22. The first-order valence-corrected chi connectivity index (χ1v) is 7.54. The van der Waals surface area contributed by atoms with Gasteiger partial charge in [0.15, 0.2) is 0 Å². The zero-order chi connectivity index (χ0) is 15.9. The second-order valence-corrected chi connectivity index (χ2v) is 5.82. The van der Waals surface area contributed by atoms with E-state index in [1.54, 1.807) is 18.3 Å². The summed E-state index contributed by atoms with van der Waals surface area (Å²) in [5.41, 5.74) is 1.59. The molecular weight excluding hydrogens is 298 g/mol. The van der Waals surface area contributed by atoms with Crippen LogP contribution in [0.15, 0.2) is 48.7 Å². The van der Waals surface area contributed by atoms with Gasteiger partial charge >= 0.3 is 0 Å². The van der Waals surface area contributed by atoms with Crippen molar-refractivity contribution < 1.29 is 4.79 Å². The van der Waals surface area contributed by atoms with Gasteiger partial charge in [0.1, 0.15) is 5.15 Å². The molecule has 0 saturated heterocycles. The van der Waals surface area contributed by atoms with E-state index < -0.39 is 0 Å². The fourth-order valence-electron chi connectivity index (χ4n) is 2.32. The number of nitrogens with one attached hydrogen (secondary N) is 1. The van der Waals surface area contributed by atoms with Crippen LogP contribution in [0.2, 0.25) is 5.15 Å². The summed E-state index contributed by atoms with van der Waals surface area (Å²) in [6, 6.07) is 13.5. The fourth-order valence-corrected chi connectivity index (χ4v) is 2.52. The molecule has 1 N–H and O–H groups in total. The summed E-state index contributed by atoms with van der Waals surface area (Å²) in [6.07, 6.45) is 2.34. The molecular formula is C17H20ClN3O. The van der Waals surface area contributed by atoms with Crippen molar-refractivity contribution >= 4 is 17.5 Å². The number of likely N-dealkylation sites (N-methyl/N-ethyl adjacent to an activating group) is 1.